The Balaban J connectivity index is 1.52. The summed E-state index contributed by atoms with van der Waals surface area (Å²) in [6.07, 6.45) is 0. The topological polar surface area (TPSA) is 152 Å². The van der Waals surface area contributed by atoms with Crippen molar-refractivity contribution in [2.75, 3.05) is 32.8 Å². The Morgan fingerprint density at radius 3 is 1.56 bits per heavy atom. The minimum absolute atomic E-state index is 0.0987. The number of nitro groups is 2. The van der Waals surface area contributed by atoms with E-state index in [-0.39, 0.29) is 23.3 Å². The van der Waals surface area contributed by atoms with Crippen LogP contribution in [0.3, 0.4) is 0 Å². The highest BCUT2D eigenvalue weighted by Crippen LogP contribution is 2.47. The van der Waals surface area contributed by atoms with Gasteiger partial charge in [0.15, 0.2) is 11.5 Å². The van der Waals surface area contributed by atoms with Crippen LogP contribution in [0.2, 0.25) is 0 Å². The molecule has 32 heavy (non-hydrogen) atoms. The van der Waals surface area contributed by atoms with Gasteiger partial charge in [0.25, 0.3) is 5.79 Å². The Labute approximate surface area is 181 Å². The molecule has 0 aliphatic carbocycles. The average molecular weight is 444 g/mol. The molecule has 2 N–H and O–H groups in total. The second-order valence-electron chi connectivity index (χ2n) is 8.35. The van der Waals surface area contributed by atoms with E-state index >= 15 is 0 Å². The molecule has 0 aromatic heterocycles. The minimum atomic E-state index is -1.18. The van der Waals surface area contributed by atoms with Gasteiger partial charge in [0, 0.05) is 50.4 Å². The number of nitrogens with zero attached hydrogens (tertiary/aromatic N) is 4. The van der Waals surface area contributed by atoms with Gasteiger partial charge in [0.05, 0.1) is 28.4 Å². The molecule has 4 bridgehead atoms. The van der Waals surface area contributed by atoms with Crippen LogP contribution in [0, 0.1) is 32.1 Å². The van der Waals surface area contributed by atoms with Gasteiger partial charge < -0.3 is 19.7 Å². The predicted molar refractivity (Wildman–Crippen MR) is 109 cm³/mol. The zero-order valence-electron chi connectivity index (χ0n) is 16.8. The van der Waals surface area contributed by atoms with Crippen LogP contribution >= 0.6 is 0 Å². The largest absolute Gasteiger partial charge is 0.502 e. The molecule has 4 fully saturated rings. The van der Waals surface area contributed by atoms with E-state index in [1.807, 2.05) is 0 Å². The van der Waals surface area contributed by atoms with Gasteiger partial charge in [0.2, 0.25) is 0 Å². The zero-order valence-corrected chi connectivity index (χ0v) is 16.8. The lowest BCUT2D eigenvalue weighted by Gasteiger charge is -2.61. The van der Waals surface area contributed by atoms with E-state index < -0.39 is 38.5 Å². The highest BCUT2D eigenvalue weighted by molar-refractivity contribution is 5.51. The molecular weight excluding hydrogens is 424 g/mol. The molecule has 168 valence electrons. The molecule has 0 spiro atoms. The molecule has 4 aliphatic rings. The number of hydrogen-bond acceptors (Lipinski definition) is 10. The number of piperidine rings is 2. The maximum atomic E-state index is 11.0. The number of rotatable bonds is 6. The van der Waals surface area contributed by atoms with Crippen molar-refractivity contribution in [2.45, 2.75) is 5.79 Å². The lowest BCUT2D eigenvalue weighted by atomic mass is 9.76. The van der Waals surface area contributed by atoms with Crippen molar-refractivity contribution in [3.8, 4) is 23.0 Å². The Kier molecular flexibility index (Phi) is 4.57. The maximum Gasteiger partial charge on any atom is 0.310 e. The maximum absolute atomic E-state index is 11.0. The highest BCUT2D eigenvalue weighted by Gasteiger charge is 2.60. The second kappa shape index (κ2) is 7.21. The monoisotopic (exact) mass is 444 g/mol. The van der Waals surface area contributed by atoms with E-state index in [0.29, 0.717) is 26.2 Å². The molecule has 12 nitrogen and oxygen atoms in total. The minimum Gasteiger partial charge on any atom is -0.502 e. The summed E-state index contributed by atoms with van der Waals surface area (Å²) in [5.41, 5.74) is -0.871. The molecule has 2 aromatic carbocycles. The van der Waals surface area contributed by atoms with Gasteiger partial charge >= 0.3 is 11.4 Å². The van der Waals surface area contributed by atoms with Gasteiger partial charge in [-0.05, 0) is 12.1 Å². The molecule has 0 atom stereocenters. The lowest BCUT2D eigenvalue weighted by molar-refractivity contribution is -0.386. The van der Waals surface area contributed by atoms with Crippen molar-refractivity contribution in [1.82, 2.24) is 9.80 Å². The fraction of sp³-hybridized carbons (Fsp3) is 0.400. The van der Waals surface area contributed by atoms with Gasteiger partial charge in [-0.3, -0.25) is 30.0 Å². The molecule has 0 unspecified atom stereocenters. The smallest absolute Gasteiger partial charge is 0.310 e. The molecule has 12 heteroatoms. The van der Waals surface area contributed by atoms with Gasteiger partial charge in [-0.25, -0.2) is 0 Å². The highest BCUT2D eigenvalue weighted by atomic mass is 16.7. The van der Waals surface area contributed by atoms with E-state index in [1.165, 1.54) is 36.4 Å². The zero-order chi connectivity index (χ0) is 22.6. The van der Waals surface area contributed by atoms with Crippen LogP contribution in [0.4, 0.5) is 11.4 Å². The van der Waals surface area contributed by atoms with E-state index in [0.717, 1.165) is 6.67 Å². The van der Waals surface area contributed by atoms with Crippen LogP contribution in [-0.4, -0.2) is 68.5 Å². The summed E-state index contributed by atoms with van der Waals surface area (Å²) in [5, 5.41) is 42.2. The van der Waals surface area contributed by atoms with E-state index in [1.54, 1.807) is 0 Å². The van der Waals surface area contributed by atoms with Crippen molar-refractivity contribution in [3.63, 3.8) is 0 Å². The van der Waals surface area contributed by atoms with Crippen molar-refractivity contribution < 1.29 is 29.5 Å². The number of phenols is 2. The van der Waals surface area contributed by atoms with Gasteiger partial charge in [-0.2, -0.15) is 0 Å². The summed E-state index contributed by atoms with van der Waals surface area (Å²) < 4.78 is 12.7. The molecule has 0 amide bonds. The van der Waals surface area contributed by atoms with Gasteiger partial charge in [-0.1, -0.05) is 0 Å². The van der Waals surface area contributed by atoms with E-state index in [2.05, 4.69) is 9.80 Å². The standard InChI is InChI=1S/C20H20N4O8/c25-18-5-14(1-3-16(18)23(27)28)31-20(12-7-21-9-13(20)10-22(8-12)11-21)32-15-2-4-17(24(29)30)19(26)6-15/h1-6,12-13,25-26H,7-11H2. The third-order valence-electron chi connectivity index (χ3n) is 6.29. The number of benzene rings is 2. The first-order valence-electron chi connectivity index (χ1n) is 10.0. The number of nitro benzene ring substituents is 2. The summed E-state index contributed by atoms with van der Waals surface area (Å²) in [7, 11) is 0. The Morgan fingerprint density at radius 2 is 1.22 bits per heavy atom. The van der Waals surface area contributed by atoms with Crippen LogP contribution in [-0.2, 0) is 0 Å². The van der Waals surface area contributed by atoms with Crippen LogP contribution in [0.5, 0.6) is 23.0 Å². The normalized spacial score (nSPS) is 27.1. The van der Waals surface area contributed by atoms with Crippen molar-refractivity contribution in [1.29, 1.82) is 0 Å². The van der Waals surface area contributed by atoms with E-state index in [4.69, 9.17) is 9.47 Å². The van der Waals surface area contributed by atoms with Crippen LogP contribution in [0.1, 0.15) is 0 Å². The molecule has 0 radical (unpaired) electrons. The van der Waals surface area contributed by atoms with Crippen LogP contribution in [0.25, 0.3) is 0 Å². The quantitative estimate of drug-likeness (QED) is 0.384. The molecule has 2 aromatic rings. The summed E-state index contributed by atoms with van der Waals surface area (Å²) in [6, 6.07) is 7.51. The van der Waals surface area contributed by atoms with Crippen molar-refractivity contribution in [3.05, 3.63) is 56.6 Å². The third kappa shape index (κ3) is 3.24. The summed E-state index contributed by atoms with van der Waals surface area (Å²) >= 11 is 0. The first-order chi connectivity index (χ1) is 15.2. The van der Waals surface area contributed by atoms with E-state index in [9.17, 15) is 30.4 Å². The molecule has 0 saturated carbocycles. The molecule has 4 aliphatic heterocycles. The lowest BCUT2D eigenvalue weighted by Crippen LogP contribution is -2.76. The number of aromatic hydroxyl groups is 2. The molecule has 6 rings (SSSR count). The van der Waals surface area contributed by atoms with Crippen LogP contribution < -0.4 is 9.47 Å². The number of hydrogen-bond donors (Lipinski definition) is 2. The molecular formula is C20H20N4O8. The van der Waals surface area contributed by atoms with Gasteiger partial charge in [0.1, 0.15) is 11.5 Å². The van der Waals surface area contributed by atoms with Crippen molar-refractivity contribution >= 4 is 11.4 Å². The fourth-order valence-corrected chi connectivity index (χ4v) is 5.03. The first-order valence-corrected chi connectivity index (χ1v) is 10.0. The fourth-order valence-electron chi connectivity index (χ4n) is 5.03. The molecule has 4 saturated heterocycles. The summed E-state index contributed by atoms with van der Waals surface area (Å²) in [4.78, 5) is 25.3. The first kappa shape index (κ1) is 20.3. The molecule has 4 heterocycles. The number of ether oxygens (including phenoxy) is 2. The Morgan fingerprint density at radius 1 is 0.812 bits per heavy atom. The SMILES string of the molecule is O=[N+]([O-])c1ccc(OC2(Oc3ccc([N+](=O)[O-])c(O)c3)C3CN4CC2CN(C3)C4)cc1O. The third-order valence-corrected chi connectivity index (χ3v) is 6.29. The number of phenolic OH excluding ortho intramolecular Hbond substituents is 2. The summed E-state index contributed by atoms with van der Waals surface area (Å²) in [5.74, 6) is -2.01. The average Bonchev–Trinajstić information content (AvgIpc) is 2.71. The summed E-state index contributed by atoms with van der Waals surface area (Å²) in [6.45, 7) is 3.66. The Hall–Kier alpha value is -3.64. The van der Waals surface area contributed by atoms with Crippen molar-refractivity contribution in [2.24, 2.45) is 11.8 Å². The Bertz CT molecular complexity index is 1010. The predicted octanol–water partition coefficient (Wildman–Crippen LogP) is 1.90. The second-order valence-corrected chi connectivity index (χ2v) is 8.35. The van der Waals surface area contributed by atoms with Crippen LogP contribution in [0.15, 0.2) is 36.4 Å². The van der Waals surface area contributed by atoms with Gasteiger partial charge in [-0.15, -0.1) is 0 Å².